The van der Waals surface area contributed by atoms with Crippen molar-refractivity contribution in [1.82, 2.24) is 0 Å². The highest BCUT2D eigenvalue weighted by atomic mass is 32.2. The SMILES string of the molecule is Cc1ccc(C2=CCS(=N)(=O)CC2)c(F)c1. The van der Waals surface area contributed by atoms with Crippen molar-refractivity contribution in [1.29, 1.82) is 4.78 Å². The molecule has 0 saturated heterocycles. The summed E-state index contributed by atoms with van der Waals surface area (Å²) in [6, 6.07) is 5.13. The Hall–Kier alpha value is -1.16. The molecule has 0 fully saturated rings. The fraction of sp³-hybridized carbons (Fsp3) is 0.333. The van der Waals surface area contributed by atoms with E-state index in [0.29, 0.717) is 17.7 Å². The summed E-state index contributed by atoms with van der Waals surface area (Å²) in [6.45, 7) is 1.85. The van der Waals surface area contributed by atoms with Crippen LogP contribution in [0.1, 0.15) is 17.5 Å². The molecule has 0 spiro atoms. The van der Waals surface area contributed by atoms with E-state index in [2.05, 4.69) is 0 Å². The molecular formula is C12H14FNOS. The molecule has 1 atom stereocenters. The predicted octanol–water partition coefficient (Wildman–Crippen LogP) is 2.97. The minimum Gasteiger partial charge on any atom is -0.253 e. The third kappa shape index (κ3) is 2.32. The van der Waals surface area contributed by atoms with Crippen LogP contribution in [-0.2, 0) is 9.73 Å². The fourth-order valence-corrected chi connectivity index (χ4v) is 3.01. The standard InChI is InChI=1S/C12H14FNOS/c1-9-2-3-11(12(13)8-9)10-4-6-16(14,15)7-5-10/h2-4,8,14H,5-7H2,1H3. The summed E-state index contributed by atoms with van der Waals surface area (Å²) in [5.41, 5.74) is 2.35. The van der Waals surface area contributed by atoms with Crippen molar-refractivity contribution in [3.63, 3.8) is 0 Å². The molecule has 0 aromatic heterocycles. The molecule has 0 amide bonds. The van der Waals surface area contributed by atoms with Crippen LogP contribution < -0.4 is 0 Å². The average Bonchev–Trinajstić information content (AvgIpc) is 2.19. The molecule has 16 heavy (non-hydrogen) atoms. The zero-order valence-electron chi connectivity index (χ0n) is 9.13. The molecule has 2 rings (SSSR count). The van der Waals surface area contributed by atoms with E-state index in [9.17, 15) is 8.60 Å². The number of allylic oxidation sites excluding steroid dienone is 1. The first-order valence-electron chi connectivity index (χ1n) is 5.18. The number of halogens is 1. The summed E-state index contributed by atoms with van der Waals surface area (Å²) < 4.78 is 32.6. The van der Waals surface area contributed by atoms with Gasteiger partial charge in [-0.15, -0.1) is 0 Å². The second-order valence-corrected chi connectivity index (χ2v) is 6.51. The molecule has 1 aromatic rings. The summed E-state index contributed by atoms with van der Waals surface area (Å²) in [7, 11) is -2.44. The highest BCUT2D eigenvalue weighted by molar-refractivity contribution is 7.92. The predicted molar refractivity (Wildman–Crippen MR) is 64.3 cm³/mol. The van der Waals surface area contributed by atoms with E-state index < -0.39 is 9.73 Å². The summed E-state index contributed by atoms with van der Waals surface area (Å²) >= 11 is 0. The van der Waals surface area contributed by atoms with Gasteiger partial charge in [0.2, 0.25) is 0 Å². The smallest absolute Gasteiger partial charge is 0.130 e. The number of aryl methyl sites for hydroxylation is 1. The minimum absolute atomic E-state index is 0.232. The molecule has 1 unspecified atom stereocenters. The van der Waals surface area contributed by atoms with Gasteiger partial charge in [-0.25, -0.2) is 8.60 Å². The number of hydrogen-bond acceptors (Lipinski definition) is 2. The van der Waals surface area contributed by atoms with Crippen LogP contribution in [0.3, 0.4) is 0 Å². The zero-order valence-corrected chi connectivity index (χ0v) is 9.94. The number of nitrogens with one attached hydrogen (secondary N) is 1. The molecule has 1 aromatic carbocycles. The molecule has 0 aliphatic carbocycles. The summed E-state index contributed by atoms with van der Waals surface area (Å²) in [4.78, 5) is 0. The Kier molecular flexibility index (Phi) is 2.84. The lowest BCUT2D eigenvalue weighted by Crippen LogP contribution is -2.14. The van der Waals surface area contributed by atoms with Crippen molar-refractivity contribution >= 4 is 15.3 Å². The lowest BCUT2D eigenvalue weighted by Gasteiger charge is -2.16. The first kappa shape index (κ1) is 11.3. The lowest BCUT2D eigenvalue weighted by molar-refractivity contribution is 0.621. The second kappa shape index (κ2) is 4.01. The first-order valence-corrected chi connectivity index (χ1v) is 7.07. The molecule has 86 valence electrons. The Labute approximate surface area is 95.2 Å². The first-order chi connectivity index (χ1) is 7.48. The Bertz CT molecular complexity index is 546. The van der Waals surface area contributed by atoms with Crippen LogP contribution in [0.15, 0.2) is 24.3 Å². The van der Waals surface area contributed by atoms with Gasteiger partial charge < -0.3 is 0 Å². The molecule has 1 N–H and O–H groups in total. The van der Waals surface area contributed by atoms with Crippen molar-refractivity contribution in [2.45, 2.75) is 13.3 Å². The van der Waals surface area contributed by atoms with Gasteiger partial charge in [0, 0.05) is 21.0 Å². The minimum atomic E-state index is -2.44. The van der Waals surface area contributed by atoms with Crippen molar-refractivity contribution in [2.24, 2.45) is 0 Å². The monoisotopic (exact) mass is 239 g/mol. The second-order valence-electron chi connectivity index (χ2n) is 4.15. The average molecular weight is 239 g/mol. The van der Waals surface area contributed by atoms with Gasteiger partial charge in [0.1, 0.15) is 5.82 Å². The number of rotatable bonds is 1. The maximum atomic E-state index is 13.7. The lowest BCUT2D eigenvalue weighted by atomic mass is 10.0. The van der Waals surface area contributed by atoms with Crippen molar-refractivity contribution in [2.75, 3.05) is 11.5 Å². The summed E-state index contributed by atoms with van der Waals surface area (Å²) in [5, 5.41) is 0. The van der Waals surface area contributed by atoms with Crippen molar-refractivity contribution in [3.8, 4) is 0 Å². The molecule has 1 aliphatic heterocycles. The Balaban J connectivity index is 2.36. The van der Waals surface area contributed by atoms with E-state index in [1.807, 2.05) is 13.0 Å². The van der Waals surface area contributed by atoms with E-state index in [-0.39, 0.29) is 11.6 Å². The van der Waals surface area contributed by atoms with Crippen LogP contribution >= 0.6 is 0 Å². The highest BCUT2D eigenvalue weighted by Crippen LogP contribution is 2.26. The summed E-state index contributed by atoms with van der Waals surface area (Å²) in [5.74, 6) is 0.353. The van der Waals surface area contributed by atoms with Gasteiger partial charge in [0.05, 0.1) is 5.75 Å². The molecule has 2 nitrogen and oxygen atoms in total. The van der Waals surface area contributed by atoms with E-state index in [4.69, 9.17) is 4.78 Å². The molecular weight excluding hydrogens is 225 g/mol. The Morgan fingerprint density at radius 2 is 2.19 bits per heavy atom. The number of benzene rings is 1. The van der Waals surface area contributed by atoms with Gasteiger partial charge in [-0.05, 0) is 30.5 Å². The van der Waals surface area contributed by atoms with Gasteiger partial charge in [-0.2, -0.15) is 0 Å². The molecule has 0 saturated carbocycles. The normalized spacial score (nSPS) is 25.2. The van der Waals surface area contributed by atoms with E-state index in [1.54, 1.807) is 12.1 Å². The van der Waals surface area contributed by atoms with Crippen LogP contribution in [0, 0.1) is 17.5 Å². The quantitative estimate of drug-likeness (QED) is 0.804. The van der Waals surface area contributed by atoms with Crippen LogP contribution in [0.25, 0.3) is 5.57 Å². The van der Waals surface area contributed by atoms with Gasteiger partial charge in [0.15, 0.2) is 0 Å². The van der Waals surface area contributed by atoms with Gasteiger partial charge in [-0.3, -0.25) is 4.78 Å². The van der Waals surface area contributed by atoms with Crippen LogP contribution in [-0.4, -0.2) is 15.7 Å². The highest BCUT2D eigenvalue weighted by Gasteiger charge is 2.16. The van der Waals surface area contributed by atoms with Gasteiger partial charge >= 0.3 is 0 Å². The molecule has 0 radical (unpaired) electrons. The van der Waals surface area contributed by atoms with Crippen molar-refractivity contribution < 1.29 is 8.60 Å². The number of hydrogen-bond donors (Lipinski definition) is 1. The van der Waals surface area contributed by atoms with Gasteiger partial charge in [-0.1, -0.05) is 18.2 Å². The van der Waals surface area contributed by atoms with E-state index in [1.165, 1.54) is 6.07 Å². The van der Waals surface area contributed by atoms with E-state index in [0.717, 1.165) is 11.1 Å². The van der Waals surface area contributed by atoms with Gasteiger partial charge in [0.25, 0.3) is 0 Å². The Morgan fingerprint density at radius 3 is 2.75 bits per heavy atom. The Morgan fingerprint density at radius 1 is 1.44 bits per heavy atom. The molecule has 1 aliphatic rings. The largest absolute Gasteiger partial charge is 0.253 e. The molecule has 1 heterocycles. The third-order valence-corrected chi connectivity index (χ3v) is 4.34. The van der Waals surface area contributed by atoms with Crippen LogP contribution in [0.5, 0.6) is 0 Å². The van der Waals surface area contributed by atoms with E-state index >= 15 is 0 Å². The fourth-order valence-electron chi connectivity index (χ4n) is 1.82. The van der Waals surface area contributed by atoms with Crippen LogP contribution in [0.2, 0.25) is 0 Å². The molecule has 4 heteroatoms. The summed E-state index contributed by atoms with van der Waals surface area (Å²) in [6.07, 6.45) is 2.27. The zero-order chi connectivity index (χ0) is 11.8. The topological polar surface area (TPSA) is 40.9 Å². The maximum Gasteiger partial charge on any atom is 0.130 e. The molecule has 0 bridgehead atoms. The van der Waals surface area contributed by atoms with Crippen molar-refractivity contribution in [3.05, 3.63) is 41.2 Å². The third-order valence-electron chi connectivity index (χ3n) is 2.77. The maximum absolute atomic E-state index is 13.7. The van der Waals surface area contributed by atoms with Crippen LogP contribution in [0.4, 0.5) is 4.39 Å².